The summed E-state index contributed by atoms with van der Waals surface area (Å²) in [5.74, 6) is -3.98. The highest BCUT2D eigenvalue weighted by Gasteiger charge is 2.53. The van der Waals surface area contributed by atoms with Crippen molar-refractivity contribution in [2.24, 2.45) is 28.8 Å². The van der Waals surface area contributed by atoms with Gasteiger partial charge >= 0.3 is 5.97 Å². The first-order chi connectivity index (χ1) is 25.8. The maximum Gasteiger partial charge on any atom is 0.311 e. The maximum atomic E-state index is 14.2. The van der Waals surface area contributed by atoms with Crippen molar-refractivity contribution in [2.45, 2.75) is 173 Å². The van der Waals surface area contributed by atoms with E-state index in [4.69, 9.17) is 33.3 Å². The van der Waals surface area contributed by atoms with Crippen molar-refractivity contribution in [2.75, 3.05) is 48.5 Å². The molecule has 0 aliphatic carbocycles. The second-order valence-electron chi connectivity index (χ2n) is 18.0. The predicted molar refractivity (Wildman–Crippen MR) is 209 cm³/mol. The zero-order chi connectivity index (χ0) is 42.7. The molecule has 18 atom stereocenters. The minimum atomic E-state index is -1.94. The molecular weight excluding hydrogens is 730 g/mol. The molecule has 0 radical (unpaired) electrons. The van der Waals surface area contributed by atoms with E-state index >= 15 is 0 Å². The van der Waals surface area contributed by atoms with Gasteiger partial charge in [-0.3, -0.25) is 4.79 Å². The summed E-state index contributed by atoms with van der Waals surface area (Å²) in [6.07, 6.45) is -9.42. The van der Waals surface area contributed by atoms with E-state index in [2.05, 4.69) is 5.16 Å². The number of nitrogens with zero attached hydrogens (tertiary/aromatic N) is 3. The summed E-state index contributed by atoms with van der Waals surface area (Å²) in [6, 6.07) is -0.313. The standard InChI is InChI=1S/C40H75N3O13/c1-21-19-38(8,48)35(56-37-31(44)28(43(13)14)18-22(2)52-37)24(4)32(55-29-20-39(9,50-15)34(46)26(6)53-29)25(5)36(47)54-27(7)40(10,49)33(45)23(3)30(21)41-51-17-16-42(11)12/h21-29,31-35,37,44-46,48-49H,16-20H2,1-15H3/t21-,22+,23-,24?,25?,26-,27-,28?,29+,31-,32-,33-,34+,35-,37-,38-,39-,40-/m1/s1. The van der Waals surface area contributed by atoms with Crippen LogP contribution in [0, 0.1) is 23.7 Å². The molecule has 3 heterocycles. The van der Waals surface area contributed by atoms with Crippen LogP contribution in [-0.2, 0) is 38.1 Å². The van der Waals surface area contributed by atoms with Crippen molar-refractivity contribution in [1.82, 2.24) is 9.80 Å². The zero-order valence-electron chi connectivity index (χ0n) is 36.5. The fraction of sp³-hybridized carbons (Fsp3) is 0.950. The number of hydrogen-bond donors (Lipinski definition) is 5. The smallest absolute Gasteiger partial charge is 0.311 e. The number of carbonyl (C=O) groups excluding carboxylic acids is 1. The number of hydrogen-bond acceptors (Lipinski definition) is 16. The van der Waals surface area contributed by atoms with Crippen molar-refractivity contribution in [1.29, 1.82) is 0 Å². The number of aliphatic hydroxyl groups excluding tert-OH is 3. The minimum absolute atomic E-state index is 0.0125. The lowest BCUT2D eigenvalue weighted by molar-refractivity contribution is -0.317. The summed E-state index contributed by atoms with van der Waals surface area (Å²) < 4.78 is 37.5. The molecule has 3 aliphatic rings. The van der Waals surface area contributed by atoms with Crippen LogP contribution in [0.4, 0.5) is 0 Å². The summed E-state index contributed by atoms with van der Waals surface area (Å²) in [6.45, 7) is 17.6. The van der Waals surface area contributed by atoms with Crippen molar-refractivity contribution < 1.29 is 63.6 Å². The number of carbonyl (C=O) groups is 1. The van der Waals surface area contributed by atoms with Gasteiger partial charge in [0.1, 0.15) is 30.5 Å². The van der Waals surface area contributed by atoms with Crippen LogP contribution < -0.4 is 0 Å². The van der Waals surface area contributed by atoms with Crippen LogP contribution in [0.2, 0.25) is 0 Å². The first-order valence-corrected chi connectivity index (χ1v) is 20.2. The first-order valence-electron chi connectivity index (χ1n) is 20.2. The fourth-order valence-corrected chi connectivity index (χ4v) is 8.52. The van der Waals surface area contributed by atoms with Crippen LogP contribution >= 0.6 is 0 Å². The molecule has 0 aromatic carbocycles. The molecule has 3 rings (SSSR count). The molecule has 16 heteroatoms. The van der Waals surface area contributed by atoms with Crippen molar-refractivity contribution >= 4 is 11.7 Å². The third-order valence-corrected chi connectivity index (χ3v) is 12.5. The molecule has 16 nitrogen and oxygen atoms in total. The van der Waals surface area contributed by atoms with Gasteiger partial charge in [-0.15, -0.1) is 0 Å². The second-order valence-corrected chi connectivity index (χ2v) is 18.0. The largest absolute Gasteiger partial charge is 0.459 e. The van der Waals surface area contributed by atoms with Crippen molar-refractivity contribution in [3.8, 4) is 0 Å². The zero-order valence-corrected chi connectivity index (χ0v) is 36.5. The molecule has 0 aromatic heterocycles. The number of aliphatic hydroxyl groups is 5. The van der Waals surface area contributed by atoms with Crippen LogP contribution in [0.5, 0.6) is 0 Å². The Hall–Kier alpha value is -1.54. The van der Waals surface area contributed by atoms with E-state index in [0.717, 1.165) is 0 Å². The van der Waals surface area contributed by atoms with Crippen LogP contribution in [0.25, 0.3) is 0 Å². The van der Waals surface area contributed by atoms with Gasteiger partial charge in [0.2, 0.25) is 0 Å². The summed E-state index contributed by atoms with van der Waals surface area (Å²) >= 11 is 0. The topological polar surface area (TPSA) is 202 Å². The van der Waals surface area contributed by atoms with E-state index in [0.29, 0.717) is 18.7 Å². The predicted octanol–water partition coefficient (Wildman–Crippen LogP) is 1.76. The first kappa shape index (κ1) is 48.8. The number of rotatable bonds is 10. The highest BCUT2D eigenvalue weighted by Crippen LogP contribution is 2.40. The third kappa shape index (κ3) is 11.4. The van der Waals surface area contributed by atoms with E-state index in [1.54, 1.807) is 41.5 Å². The van der Waals surface area contributed by atoms with Gasteiger partial charge in [0.15, 0.2) is 12.6 Å². The maximum absolute atomic E-state index is 14.2. The molecule has 0 amide bonds. The highest BCUT2D eigenvalue weighted by atomic mass is 16.7. The van der Waals surface area contributed by atoms with Gasteiger partial charge in [-0.05, 0) is 89.5 Å². The van der Waals surface area contributed by atoms with E-state index < -0.39 is 102 Å². The number of methoxy groups -OCH3 is 1. The van der Waals surface area contributed by atoms with Crippen LogP contribution in [0.1, 0.15) is 88.5 Å². The number of likely N-dealkylation sites (N-methyl/N-ethyl adjacent to an activating group) is 2. The Morgan fingerprint density at radius 2 is 1.50 bits per heavy atom. The molecule has 3 saturated heterocycles. The van der Waals surface area contributed by atoms with Gasteiger partial charge in [0.05, 0.1) is 53.4 Å². The van der Waals surface area contributed by atoms with E-state index in [1.165, 1.54) is 21.0 Å². The normalized spacial score (nSPS) is 47.1. The van der Waals surface area contributed by atoms with Gasteiger partial charge in [0.25, 0.3) is 0 Å². The summed E-state index contributed by atoms with van der Waals surface area (Å²) in [4.78, 5) is 23.8. The Labute approximate surface area is 334 Å². The van der Waals surface area contributed by atoms with Crippen LogP contribution in [-0.4, -0.2) is 180 Å². The van der Waals surface area contributed by atoms with Crippen LogP contribution in [0.3, 0.4) is 0 Å². The molecule has 0 bridgehead atoms. The summed E-state index contributed by atoms with van der Waals surface area (Å²) in [5, 5.41) is 63.3. The van der Waals surface area contributed by atoms with Gasteiger partial charge in [-0.1, -0.05) is 25.9 Å². The Morgan fingerprint density at radius 3 is 2.07 bits per heavy atom. The van der Waals surface area contributed by atoms with E-state index in [-0.39, 0.29) is 31.6 Å². The lowest BCUT2D eigenvalue weighted by Crippen LogP contribution is -2.61. The quantitative estimate of drug-likeness (QED) is 0.121. The molecule has 0 spiro atoms. The highest BCUT2D eigenvalue weighted by molar-refractivity contribution is 5.88. The molecule has 0 saturated carbocycles. The molecule has 0 aromatic rings. The van der Waals surface area contributed by atoms with Crippen molar-refractivity contribution in [3.63, 3.8) is 0 Å². The Morgan fingerprint density at radius 1 is 0.875 bits per heavy atom. The number of oxime groups is 1. The number of cyclic esters (lactones) is 1. The van der Waals surface area contributed by atoms with Gasteiger partial charge in [0, 0.05) is 43.9 Å². The lowest BCUT2D eigenvalue weighted by Gasteiger charge is -2.49. The number of esters is 1. The average molecular weight is 806 g/mol. The van der Waals surface area contributed by atoms with E-state index in [9.17, 15) is 30.3 Å². The molecule has 3 aliphatic heterocycles. The summed E-state index contributed by atoms with van der Waals surface area (Å²) in [5.41, 5.74) is -4.34. The molecule has 3 unspecified atom stereocenters. The van der Waals surface area contributed by atoms with E-state index in [1.807, 2.05) is 51.8 Å². The van der Waals surface area contributed by atoms with Crippen LogP contribution in [0.15, 0.2) is 5.16 Å². The minimum Gasteiger partial charge on any atom is -0.459 e. The summed E-state index contributed by atoms with van der Waals surface area (Å²) in [7, 11) is 9.03. The van der Waals surface area contributed by atoms with Crippen molar-refractivity contribution in [3.05, 3.63) is 0 Å². The fourth-order valence-electron chi connectivity index (χ4n) is 8.52. The Kier molecular flexibility index (Phi) is 17.2. The second kappa shape index (κ2) is 19.7. The third-order valence-electron chi connectivity index (χ3n) is 12.5. The van der Waals surface area contributed by atoms with Gasteiger partial charge in [-0.2, -0.15) is 0 Å². The molecule has 3 fully saturated rings. The van der Waals surface area contributed by atoms with Gasteiger partial charge < -0.3 is 68.6 Å². The number of ether oxygens (including phenoxy) is 6. The average Bonchev–Trinajstić information content (AvgIpc) is 3.10. The molecule has 5 N–H and O–H groups in total. The van der Waals surface area contributed by atoms with Gasteiger partial charge in [-0.25, -0.2) is 0 Å². The SMILES string of the molecule is CO[C@]1(C)C[C@H](O[C@H]2C(C)C(=O)O[C@H](C)[C@@](C)(O)[C@H](O)[C@H](C)C(=NOCCN(C)C)[C@H](C)C[C@@](C)(O)[C@H](O[C@H]3O[C@@H](C)CC(N(C)C)[C@H]3O)C2C)O[C@H](C)[C@@H]1O. The molecule has 56 heavy (non-hydrogen) atoms. The monoisotopic (exact) mass is 806 g/mol. The Balaban J connectivity index is 2.22. The Bertz CT molecular complexity index is 1290. The molecular formula is C40H75N3O13. The lowest BCUT2D eigenvalue weighted by atomic mass is 9.74. The molecule has 328 valence electrons.